The number of likely N-dealkylation sites (N-methyl/N-ethyl adjacent to an activating group) is 1. The highest BCUT2D eigenvalue weighted by Gasteiger charge is 2.24. The summed E-state index contributed by atoms with van der Waals surface area (Å²) >= 11 is 1.53. The molecule has 5 heteroatoms. The fraction of sp³-hybridized carbons (Fsp3) is 0.818. The van der Waals surface area contributed by atoms with E-state index < -0.39 is 0 Å². The normalized spacial score (nSPS) is 20.6. The second kappa shape index (κ2) is 5.10. The predicted octanol–water partition coefficient (Wildman–Crippen LogP) is 1.85. The van der Waals surface area contributed by atoms with Crippen molar-refractivity contribution in [2.24, 2.45) is 0 Å². The molecule has 1 fully saturated rings. The fourth-order valence-corrected chi connectivity index (χ4v) is 2.98. The summed E-state index contributed by atoms with van der Waals surface area (Å²) in [6, 6.07) is 0.595. The standard InChI is InChI=1S/C11H20N4S/c1-4-15(9-5-6-12-7-9)11-13-10(8(2)3)14-16-11/h8-9,12H,4-7H2,1-3H3. The Kier molecular flexibility index (Phi) is 3.76. The highest BCUT2D eigenvalue weighted by atomic mass is 32.1. The molecule has 0 radical (unpaired) electrons. The molecule has 1 aromatic rings. The van der Waals surface area contributed by atoms with Crippen LogP contribution in [0.25, 0.3) is 0 Å². The molecule has 1 unspecified atom stereocenters. The molecule has 4 nitrogen and oxygen atoms in total. The number of anilines is 1. The molecule has 0 amide bonds. The van der Waals surface area contributed by atoms with Gasteiger partial charge in [0.15, 0.2) is 0 Å². The van der Waals surface area contributed by atoms with E-state index in [1.165, 1.54) is 18.0 Å². The second-order valence-corrected chi connectivity index (χ2v) is 5.25. The average molecular weight is 240 g/mol. The van der Waals surface area contributed by atoms with Gasteiger partial charge in [-0.2, -0.15) is 4.37 Å². The summed E-state index contributed by atoms with van der Waals surface area (Å²) < 4.78 is 4.42. The molecule has 16 heavy (non-hydrogen) atoms. The molecule has 1 saturated heterocycles. The molecular formula is C11H20N4S. The molecule has 1 atom stereocenters. The Labute approximate surface area is 101 Å². The summed E-state index contributed by atoms with van der Waals surface area (Å²) in [6.07, 6.45) is 1.21. The molecular weight excluding hydrogens is 220 g/mol. The largest absolute Gasteiger partial charge is 0.343 e. The van der Waals surface area contributed by atoms with Gasteiger partial charge in [0.25, 0.3) is 0 Å². The Bertz CT molecular complexity index is 330. The zero-order chi connectivity index (χ0) is 11.5. The third-order valence-electron chi connectivity index (χ3n) is 3.01. The lowest BCUT2D eigenvalue weighted by Crippen LogP contribution is -2.36. The van der Waals surface area contributed by atoms with Crippen LogP contribution < -0.4 is 10.2 Å². The molecule has 2 heterocycles. The highest BCUT2D eigenvalue weighted by Crippen LogP contribution is 2.24. The van der Waals surface area contributed by atoms with Gasteiger partial charge in [0.2, 0.25) is 5.13 Å². The lowest BCUT2D eigenvalue weighted by Gasteiger charge is -2.25. The van der Waals surface area contributed by atoms with Crippen molar-refractivity contribution in [2.75, 3.05) is 24.5 Å². The van der Waals surface area contributed by atoms with Crippen LogP contribution >= 0.6 is 11.5 Å². The van der Waals surface area contributed by atoms with Gasteiger partial charge in [-0.25, -0.2) is 4.98 Å². The lowest BCUT2D eigenvalue weighted by molar-refractivity contribution is 0.643. The van der Waals surface area contributed by atoms with E-state index in [9.17, 15) is 0 Å². The monoisotopic (exact) mass is 240 g/mol. The van der Waals surface area contributed by atoms with Gasteiger partial charge in [0.05, 0.1) is 0 Å². The first-order valence-electron chi connectivity index (χ1n) is 6.03. The first-order valence-corrected chi connectivity index (χ1v) is 6.80. The molecule has 0 aromatic carbocycles. The Morgan fingerprint density at radius 3 is 2.88 bits per heavy atom. The SMILES string of the molecule is CCN(c1nc(C(C)C)ns1)C1CCNC1. The van der Waals surface area contributed by atoms with Crippen molar-refractivity contribution in [1.29, 1.82) is 0 Å². The Hall–Kier alpha value is -0.680. The van der Waals surface area contributed by atoms with Crippen LogP contribution in [0.2, 0.25) is 0 Å². The molecule has 1 aliphatic rings. The quantitative estimate of drug-likeness (QED) is 0.872. The Morgan fingerprint density at radius 1 is 1.56 bits per heavy atom. The number of rotatable bonds is 4. The maximum atomic E-state index is 4.63. The average Bonchev–Trinajstić information content (AvgIpc) is 2.88. The summed E-state index contributed by atoms with van der Waals surface area (Å²) in [7, 11) is 0. The van der Waals surface area contributed by atoms with Crippen molar-refractivity contribution in [3.8, 4) is 0 Å². The van der Waals surface area contributed by atoms with Crippen molar-refractivity contribution in [1.82, 2.24) is 14.7 Å². The van der Waals surface area contributed by atoms with Gasteiger partial charge < -0.3 is 10.2 Å². The van der Waals surface area contributed by atoms with Gasteiger partial charge in [0.1, 0.15) is 5.82 Å². The molecule has 1 N–H and O–H groups in total. The number of hydrogen-bond acceptors (Lipinski definition) is 5. The number of hydrogen-bond donors (Lipinski definition) is 1. The van der Waals surface area contributed by atoms with Crippen molar-refractivity contribution in [3.63, 3.8) is 0 Å². The highest BCUT2D eigenvalue weighted by molar-refractivity contribution is 7.09. The van der Waals surface area contributed by atoms with E-state index in [0.29, 0.717) is 12.0 Å². The second-order valence-electron chi connectivity index (χ2n) is 4.52. The van der Waals surface area contributed by atoms with Gasteiger partial charge in [-0.3, -0.25) is 0 Å². The van der Waals surface area contributed by atoms with Gasteiger partial charge in [-0.05, 0) is 19.9 Å². The van der Waals surface area contributed by atoms with E-state index in [2.05, 4.69) is 40.3 Å². The minimum absolute atomic E-state index is 0.422. The van der Waals surface area contributed by atoms with E-state index in [1.54, 1.807) is 0 Å². The Balaban J connectivity index is 2.12. The van der Waals surface area contributed by atoms with Crippen LogP contribution in [-0.4, -0.2) is 35.0 Å². The summed E-state index contributed by atoms with van der Waals surface area (Å²) in [5, 5.41) is 4.48. The van der Waals surface area contributed by atoms with Crippen molar-refractivity contribution < 1.29 is 0 Å². The van der Waals surface area contributed by atoms with Gasteiger partial charge in [0, 0.05) is 36.6 Å². The van der Waals surface area contributed by atoms with Gasteiger partial charge in [-0.1, -0.05) is 13.8 Å². The lowest BCUT2D eigenvalue weighted by atomic mass is 10.2. The predicted molar refractivity (Wildman–Crippen MR) is 68.3 cm³/mol. The Morgan fingerprint density at radius 2 is 2.38 bits per heavy atom. The zero-order valence-electron chi connectivity index (χ0n) is 10.2. The summed E-state index contributed by atoms with van der Waals surface area (Å²) in [5.41, 5.74) is 0. The summed E-state index contributed by atoms with van der Waals surface area (Å²) in [6.45, 7) is 9.67. The number of nitrogens with zero attached hydrogens (tertiary/aromatic N) is 3. The first kappa shape index (κ1) is 11.8. The first-order chi connectivity index (χ1) is 7.72. The van der Waals surface area contributed by atoms with Crippen molar-refractivity contribution in [2.45, 2.75) is 39.2 Å². The molecule has 1 aromatic heterocycles. The summed E-state index contributed by atoms with van der Waals surface area (Å²) in [4.78, 5) is 7.01. The van der Waals surface area contributed by atoms with Gasteiger partial charge in [-0.15, -0.1) is 0 Å². The van der Waals surface area contributed by atoms with Crippen LogP contribution in [-0.2, 0) is 0 Å². The third kappa shape index (κ3) is 2.35. The molecule has 0 aliphatic carbocycles. The van der Waals surface area contributed by atoms with Crippen LogP contribution in [0.5, 0.6) is 0 Å². The van der Waals surface area contributed by atoms with Crippen LogP contribution in [0.1, 0.15) is 38.9 Å². The zero-order valence-corrected chi connectivity index (χ0v) is 11.0. The van der Waals surface area contributed by atoms with Crippen molar-refractivity contribution >= 4 is 16.7 Å². The maximum Gasteiger partial charge on any atom is 0.205 e. The van der Waals surface area contributed by atoms with Crippen LogP contribution in [0.3, 0.4) is 0 Å². The number of nitrogens with one attached hydrogen (secondary N) is 1. The van der Waals surface area contributed by atoms with E-state index in [-0.39, 0.29) is 0 Å². The minimum atomic E-state index is 0.422. The summed E-state index contributed by atoms with van der Waals surface area (Å²) in [5.74, 6) is 1.40. The maximum absolute atomic E-state index is 4.63. The van der Waals surface area contributed by atoms with E-state index in [4.69, 9.17) is 0 Å². The topological polar surface area (TPSA) is 41.1 Å². The minimum Gasteiger partial charge on any atom is -0.343 e. The van der Waals surface area contributed by atoms with Crippen molar-refractivity contribution in [3.05, 3.63) is 5.82 Å². The van der Waals surface area contributed by atoms with E-state index in [0.717, 1.165) is 30.6 Å². The van der Waals surface area contributed by atoms with E-state index >= 15 is 0 Å². The van der Waals surface area contributed by atoms with Crippen LogP contribution in [0.15, 0.2) is 0 Å². The molecule has 1 aliphatic heterocycles. The molecule has 90 valence electrons. The fourth-order valence-electron chi connectivity index (χ4n) is 2.03. The molecule has 0 bridgehead atoms. The molecule has 0 saturated carbocycles. The third-order valence-corrected chi connectivity index (χ3v) is 3.78. The smallest absolute Gasteiger partial charge is 0.205 e. The number of aromatic nitrogens is 2. The van der Waals surface area contributed by atoms with Crippen LogP contribution in [0, 0.1) is 0 Å². The molecule has 0 spiro atoms. The van der Waals surface area contributed by atoms with E-state index in [1.807, 2.05) is 0 Å². The van der Waals surface area contributed by atoms with Gasteiger partial charge >= 0.3 is 0 Å². The van der Waals surface area contributed by atoms with Crippen LogP contribution in [0.4, 0.5) is 5.13 Å². The molecule has 2 rings (SSSR count).